The van der Waals surface area contributed by atoms with Crippen LogP contribution in [0.5, 0.6) is 5.75 Å². The number of nitrogens with zero attached hydrogens (tertiary/aromatic N) is 2. The molecule has 4 rings (SSSR count). The number of pyridine rings is 2. The summed E-state index contributed by atoms with van der Waals surface area (Å²) in [6.45, 7) is 8.30. The number of hydrogen-bond acceptors (Lipinski definition) is 8. The number of anilines is 1. The van der Waals surface area contributed by atoms with Crippen molar-refractivity contribution >= 4 is 46.1 Å². The minimum absolute atomic E-state index is 0.00909. The van der Waals surface area contributed by atoms with Crippen LogP contribution in [0.1, 0.15) is 70.7 Å². The monoisotopic (exact) mass is 599 g/mol. The molecule has 42 heavy (non-hydrogen) atoms. The van der Waals surface area contributed by atoms with E-state index in [0.717, 1.165) is 6.07 Å². The van der Waals surface area contributed by atoms with Crippen molar-refractivity contribution in [1.82, 2.24) is 20.6 Å². The Morgan fingerprint density at radius 2 is 1.79 bits per heavy atom. The fourth-order valence-corrected chi connectivity index (χ4v) is 5.02. The van der Waals surface area contributed by atoms with Crippen LogP contribution in [-0.2, 0) is 9.53 Å². The Bertz CT molecular complexity index is 1490. The number of amides is 2. The topological polar surface area (TPSA) is 143 Å². The van der Waals surface area contributed by atoms with E-state index in [4.69, 9.17) is 21.3 Å². The number of ketones is 1. The number of rotatable bonds is 7. The van der Waals surface area contributed by atoms with Gasteiger partial charge in [-0.15, -0.1) is 0 Å². The number of carbonyl (C=O) groups is 3. The number of Topliss-reactive ketones (excluding diaryl/α,β-unsaturated/α-hetero) is 1. The summed E-state index contributed by atoms with van der Waals surface area (Å²) in [4.78, 5) is 46.3. The van der Waals surface area contributed by atoms with Crippen molar-refractivity contribution in [3.05, 3.63) is 46.9 Å². The molecule has 3 aromatic rings. The summed E-state index contributed by atoms with van der Waals surface area (Å²) in [5, 5.41) is 18.6. The summed E-state index contributed by atoms with van der Waals surface area (Å²) in [7, 11) is 0. The number of phenolic OH excluding ortho intramolecular Hbond substituents is 1. The smallest absolute Gasteiger partial charge is 0.408 e. The molecule has 12 heteroatoms. The number of alkyl carbamates (subject to hydrolysis) is 1. The first-order valence-electron chi connectivity index (χ1n) is 13.8. The van der Waals surface area contributed by atoms with Gasteiger partial charge in [0.05, 0.1) is 27.5 Å². The molecule has 1 atom stereocenters. The van der Waals surface area contributed by atoms with Gasteiger partial charge < -0.3 is 25.8 Å². The van der Waals surface area contributed by atoms with Crippen LogP contribution >= 0.6 is 11.6 Å². The molecule has 4 N–H and O–H groups in total. The van der Waals surface area contributed by atoms with Gasteiger partial charge in [-0.25, -0.2) is 14.2 Å². The Balaban J connectivity index is 1.47. The van der Waals surface area contributed by atoms with Gasteiger partial charge in [0.1, 0.15) is 17.2 Å². The molecular weight excluding hydrogens is 565 g/mol. The zero-order chi connectivity index (χ0) is 30.8. The third-order valence-electron chi connectivity index (χ3n) is 6.95. The van der Waals surface area contributed by atoms with Crippen LogP contribution < -0.4 is 16.0 Å². The van der Waals surface area contributed by atoms with Gasteiger partial charge in [0.15, 0.2) is 17.3 Å². The molecule has 1 unspecified atom stereocenters. The minimum Gasteiger partial charge on any atom is -0.504 e. The van der Waals surface area contributed by atoms with Crippen molar-refractivity contribution in [1.29, 1.82) is 0 Å². The Hall–Kier alpha value is -3.99. The summed E-state index contributed by atoms with van der Waals surface area (Å²) in [6, 6.07) is 5.12. The van der Waals surface area contributed by atoms with E-state index < -0.39 is 29.3 Å². The quantitative estimate of drug-likeness (QED) is 0.251. The van der Waals surface area contributed by atoms with Crippen molar-refractivity contribution in [3.8, 4) is 17.0 Å². The Morgan fingerprint density at radius 1 is 1.12 bits per heavy atom. The van der Waals surface area contributed by atoms with E-state index >= 15 is 0 Å². The number of hydrogen-bond donors (Lipinski definition) is 4. The molecule has 2 aromatic heterocycles. The van der Waals surface area contributed by atoms with Gasteiger partial charge >= 0.3 is 6.09 Å². The number of aromatic nitrogens is 2. The highest BCUT2D eigenvalue weighted by molar-refractivity contribution is 6.32. The first kappa shape index (κ1) is 31.0. The maximum absolute atomic E-state index is 14.2. The number of nitrogens with one attached hydrogen (secondary N) is 3. The number of carbonyl (C=O) groups excluding carboxylic acids is 3. The van der Waals surface area contributed by atoms with Crippen LogP contribution in [0.25, 0.3) is 22.3 Å². The van der Waals surface area contributed by atoms with E-state index in [0.29, 0.717) is 59.2 Å². The van der Waals surface area contributed by atoms with Crippen LogP contribution in [0.2, 0.25) is 5.02 Å². The lowest BCUT2D eigenvalue weighted by Crippen LogP contribution is -2.50. The Kier molecular flexibility index (Phi) is 9.20. The fraction of sp³-hybridized carbons (Fsp3) is 0.433. The van der Waals surface area contributed by atoms with Gasteiger partial charge in [-0.2, -0.15) is 0 Å². The van der Waals surface area contributed by atoms with Crippen molar-refractivity contribution in [2.45, 2.75) is 84.0 Å². The van der Waals surface area contributed by atoms with Crippen LogP contribution in [0.4, 0.5) is 14.9 Å². The molecule has 10 nitrogen and oxygen atoms in total. The Labute approximate surface area is 248 Å². The first-order chi connectivity index (χ1) is 19.7. The summed E-state index contributed by atoms with van der Waals surface area (Å²) in [5.41, 5.74) is 1.99. The minimum atomic E-state index is -0.868. The predicted molar refractivity (Wildman–Crippen MR) is 158 cm³/mol. The average Bonchev–Trinajstić information content (AvgIpc) is 2.91. The van der Waals surface area contributed by atoms with Crippen molar-refractivity contribution in [2.24, 2.45) is 0 Å². The second-order valence-electron chi connectivity index (χ2n) is 11.5. The van der Waals surface area contributed by atoms with Crippen molar-refractivity contribution in [2.75, 3.05) is 5.32 Å². The summed E-state index contributed by atoms with van der Waals surface area (Å²) in [5.74, 6) is -1.99. The SMILES string of the molecule is CC(=O)c1cnc2ccc(-c3cc(F)c(O)c(Cl)c3)nc2c1N[C@H]1CC[C@H](NC(=O)C(C)NC(=O)OC(C)(C)C)CC1. The number of ether oxygens (including phenoxy) is 1. The first-order valence-corrected chi connectivity index (χ1v) is 14.1. The normalized spacial score (nSPS) is 17.8. The lowest BCUT2D eigenvalue weighted by molar-refractivity contribution is -0.123. The highest BCUT2D eigenvalue weighted by Crippen LogP contribution is 2.34. The van der Waals surface area contributed by atoms with Gasteiger partial charge in [0.2, 0.25) is 5.91 Å². The number of aromatic hydroxyl groups is 1. The lowest BCUT2D eigenvalue weighted by Gasteiger charge is -2.31. The highest BCUT2D eigenvalue weighted by atomic mass is 35.5. The van der Waals surface area contributed by atoms with Gasteiger partial charge in [-0.3, -0.25) is 14.6 Å². The molecule has 0 aliphatic heterocycles. The molecule has 0 saturated heterocycles. The molecule has 1 fully saturated rings. The van der Waals surface area contributed by atoms with Crippen molar-refractivity contribution in [3.63, 3.8) is 0 Å². The van der Waals surface area contributed by atoms with Crippen LogP contribution in [0.3, 0.4) is 0 Å². The molecule has 1 aliphatic rings. The average molecular weight is 600 g/mol. The molecule has 0 bridgehead atoms. The van der Waals surface area contributed by atoms with E-state index in [1.165, 1.54) is 19.2 Å². The number of halogens is 2. The van der Waals surface area contributed by atoms with Gasteiger partial charge in [0, 0.05) is 23.8 Å². The van der Waals surface area contributed by atoms with E-state index in [9.17, 15) is 23.9 Å². The molecular formula is C30H35ClFN5O5. The maximum Gasteiger partial charge on any atom is 0.408 e. The maximum atomic E-state index is 14.2. The van der Waals surface area contributed by atoms with E-state index in [1.807, 2.05) is 0 Å². The molecule has 2 heterocycles. The molecule has 0 radical (unpaired) electrons. The second kappa shape index (κ2) is 12.5. The van der Waals surface area contributed by atoms with E-state index in [-0.39, 0.29) is 28.8 Å². The summed E-state index contributed by atoms with van der Waals surface area (Å²) in [6.07, 6.45) is 3.64. The van der Waals surface area contributed by atoms with Gasteiger partial charge in [0.25, 0.3) is 0 Å². The zero-order valence-corrected chi connectivity index (χ0v) is 24.9. The van der Waals surface area contributed by atoms with Crippen LogP contribution in [0.15, 0.2) is 30.5 Å². The Morgan fingerprint density at radius 3 is 2.40 bits per heavy atom. The molecule has 1 aromatic carbocycles. The van der Waals surface area contributed by atoms with E-state index in [1.54, 1.807) is 39.8 Å². The molecule has 1 aliphatic carbocycles. The molecule has 224 valence electrons. The van der Waals surface area contributed by atoms with E-state index in [2.05, 4.69) is 20.9 Å². The summed E-state index contributed by atoms with van der Waals surface area (Å²) >= 11 is 5.98. The van der Waals surface area contributed by atoms with Crippen LogP contribution in [-0.4, -0.2) is 56.6 Å². The third-order valence-corrected chi connectivity index (χ3v) is 7.24. The van der Waals surface area contributed by atoms with Gasteiger partial charge in [-0.05, 0) is 84.6 Å². The fourth-order valence-electron chi connectivity index (χ4n) is 4.82. The molecule has 2 amide bonds. The largest absolute Gasteiger partial charge is 0.504 e. The lowest BCUT2D eigenvalue weighted by atomic mass is 9.90. The van der Waals surface area contributed by atoms with Crippen LogP contribution in [0, 0.1) is 5.82 Å². The molecule has 0 spiro atoms. The predicted octanol–water partition coefficient (Wildman–Crippen LogP) is 5.75. The van der Waals surface area contributed by atoms with Gasteiger partial charge in [-0.1, -0.05) is 11.6 Å². The zero-order valence-electron chi connectivity index (χ0n) is 24.2. The van der Waals surface area contributed by atoms with Crippen molar-refractivity contribution < 1.29 is 28.6 Å². The number of phenols is 1. The summed E-state index contributed by atoms with van der Waals surface area (Å²) < 4.78 is 19.4. The number of fused-ring (bicyclic) bond motifs is 1. The third kappa shape index (κ3) is 7.44. The molecule has 1 saturated carbocycles. The highest BCUT2D eigenvalue weighted by Gasteiger charge is 2.27. The standard InChI is InChI=1S/C30H35ClFN5O5/c1-15(34-29(41)42-30(3,4)5)28(40)36-19-8-6-18(7-9-19)35-25-20(16(2)38)14-33-24-11-10-23(37-26(24)25)17-12-21(31)27(39)22(32)13-17/h10-15,18-19,39H,6-9H2,1-5H3,(H,33,35)(H,34,41)(H,36,40)/t15?,18-,19-. The second-order valence-corrected chi connectivity index (χ2v) is 11.9. The number of benzene rings is 1.